The van der Waals surface area contributed by atoms with Gasteiger partial charge in [-0.3, -0.25) is 4.79 Å². The molecule has 0 unspecified atom stereocenters. The minimum atomic E-state index is -0.342. The Balaban J connectivity index is 1.61. The van der Waals surface area contributed by atoms with E-state index in [1.165, 1.54) is 10.9 Å². The molecule has 2 N–H and O–H groups in total. The standard InChI is InChI=1S/C14H14N4O2/c1-9-17-18-14(20-9)13(19)15-7-6-10-8-16-12-5-3-2-4-11(10)12/h2-5,8,16H,6-7H2,1H3,(H,15,19). The number of hydrogen-bond donors (Lipinski definition) is 2. The van der Waals surface area contributed by atoms with E-state index in [0.29, 0.717) is 12.4 Å². The highest BCUT2D eigenvalue weighted by Gasteiger charge is 2.12. The largest absolute Gasteiger partial charge is 0.417 e. The molecule has 102 valence electrons. The van der Waals surface area contributed by atoms with Crippen LogP contribution in [0.5, 0.6) is 0 Å². The van der Waals surface area contributed by atoms with Crippen LogP contribution in [-0.2, 0) is 6.42 Å². The molecule has 0 fully saturated rings. The fourth-order valence-electron chi connectivity index (χ4n) is 2.11. The molecule has 2 aromatic heterocycles. The lowest BCUT2D eigenvalue weighted by Crippen LogP contribution is -2.25. The molecule has 0 aliphatic carbocycles. The molecule has 0 aliphatic rings. The Kier molecular flexibility index (Phi) is 3.20. The number of aromatic amines is 1. The van der Waals surface area contributed by atoms with Crippen molar-refractivity contribution >= 4 is 16.8 Å². The van der Waals surface area contributed by atoms with Crippen LogP contribution in [0.1, 0.15) is 22.1 Å². The number of nitrogens with zero attached hydrogens (tertiary/aromatic N) is 2. The van der Waals surface area contributed by atoms with E-state index in [1.54, 1.807) is 6.92 Å². The third-order valence-electron chi connectivity index (χ3n) is 3.08. The first kappa shape index (κ1) is 12.4. The molecule has 0 radical (unpaired) electrons. The number of fused-ring (bicyclic) bond motifs is 1. The SMILES string of the molecule is Cc1nnc(C(=O)NCCc2c[nH]c3ccccc23)o1. The van der Waals surface area contributed by atoms with Gasteiger partial charge in [-0.2, -0.15) is 0 Å². The molecule has 0 saturated heterocycles. The maximum atomic E-state index is 11.7. The first-order chi connectivity index (χ1) is 9.74. The number of aromatic nitrogens is 3. The maximum Gasteiger partial charge on any atom is 0.308 e. The molecule has 1 amide bonds. The van der Waals surface area contributed by atoms with Crippen molar-refractivity contribution in [3.8, 4) is 0 Å². The minimum Gasteiger partial charge on any atom is -0.417 e. The molecular formula is C14H14N4O2. The minimum absolute atomic E-state index is 0.00132. The molecule has 0 atom stereocenters. The lowest BCUT2D eigenvalue weighted by Gasteiger charge is -2.01. The van der Waals surface area contributed by atoms with E-state index in [2.05, 4.69) is 26.6 Å². The van der Waals surface area contributed by atoms with E-state index in [0.717, 1.165) is 11.9 Å². The van der Waals surface area contributed by atoms with E-state index in [4.69, 9.17) is 4.42 Å². The summed E-state index contributed by atoms with van der Waals surface area (Å²) in [5.41, 5.74) is 2.27. The summed E-state index contributed by atoms with van der Waals surface area (Å²) < 4.78 is 5.06. The van der Waals surface area contributed by atoms with Gasteiger partial charge in [0.1, 0.15) is 0 Å². The Morgan fingerprint density at radius 3 is 3.00 bits per heavy atom. The smallest absolute Gasteiger partial charge is 0.308 e. The number of rotatable bonds is 4. The second kappa shape index (κ2) is 5.16. The molecule has 0 saturated carbocycles. The molecule has 2 heterocycles. The van der Waals surface area contributed by atoms with Gasteiger partial charge in [0.15, 0.2) is 0 Å². The highest BCUT2D eigenvalue weighted by Crippen LogP contribution is 2.17. The number of para-hydroxylation sites is 1. The Morgan fingerprint density at radius 2 is 2.20 bits per heavy atom. The zero-order chi connectivity index (χ0) is 13.9. The Hall–Kier alpha value is -2.63. The summed E-state index contributed by atoms with van der Waals surface area (Å²) in [6.45, 7) is 2.16. The summed E-state index contributed by atoms with van der Waals surface area (Å²) in [5, 5.41) is 11.2. The molecule has 20 heavy (non-hydrogen) atoms. The second-order valence-electron chi connectivity index (χ2n) is 4.49. The summed E-state index contributed by atoms with van der Waals surface area (Å²) in [6.07, 6.45) is 2.70. The van der Waals surface area contributed by atoms with Crippen molar-refractivity contribution < 1.29 is 9.21 Å². The Bertz CT molecular complexity index is 744. The van der Waals surface area contributed by atoms with Crippen LogP contribution in [0.15, 0.2) is 34.9 Å². The molecule has 6 nitrogen and oxygen atoms in total. The van der Waals surface area contributed by atoms with Crippen molar-refractivity contribution in [3.63, 3.8) is 0 Å². The number of carbonyl (C=O) groups is 1. The number of H-pyrrole nitrogens is 1. The number of nitrogens with one attached hydrogen (secondary N) is 2. The van der Waals surface area contributed by atoms with Crippen molar-refractivity contribution in [1.29, 1.82) is 0 Å². The zero-order valence-corrected chi connectivity index (χ0v) is 11.0. The number of amides is 1. The molecule has 0 aliphatic heterocycles. The molecule has 0 spiro atoms. The van der Waals surface area contributed by atoms with E-state index in [1.807, 2.05) is 24.4 Å². The Morgan fingerprint density at radius 1 is 1.35 bits per heavy atom. The summed E-state index contributed by atoms with van der Waals surface area (Å²) in [7, 11) is 0. The maximum absolute atomic E-state index is 11.7. The van der Waals surface area contributed by atoms with E-state index in [9.17, 15) is 4.79 Å². The van der Waals surface area contributed by atoms with Crippen molar-refractivity contribution in [2.24, 2.45) is 0 Å². The fraction of sp³-hybridized carbons (Fsp3) is 0.214. The van der Waals surface area contributed by atoms with Crippen LogP contribution >= 0.6 is 0 Å². The number of aryl methyl sites for hydroxylation is 1. The number of carbonyl (C=O) groups excluding carboxylic acids is 1. The lowest BCUT2D eigenvalue weighted by atomic mass is 10.1. The zero-order valence-electron chi connectivity index (χ0n) is 11.0. The first-order valence-electron chi connectivity index (χ1n) is 6.37. The molecule has 1 aromatic carbocycles. The van der Waals surface area contributed by atoms with E-state index in [-0.39, 0.29) is 11.8 Å². The van der Waals surface area contributed by atoms with Crippen molar-refractivity contribution in [2.45, 2.75) is 13.3 Å². The highest BCUT2D eigenvalue weighted by molar-refractivity contribution is 5.89. The first-order valence-corrected chi connectivity index (χ1v) is 6.37. The van der Waals surface area contributed by atoms with Crippen molar-refractivity contribution in [3.05, 3.63) is 47.8 Å². The van der Waals surface area contributed by atoms with Crippen molar-refractivity contribution in [1.82, 2.24) is 20.5 Å². The van der Waals surface area contributed by atoms with Crippen LogP contribution in [-0.4, -0.2) is 27.6 Å². The summed E-state index contributed by atoms with van der Waals surface area (Å²) >= 11 is 0. The van der Waals surface area contributed by atoms with Gasteiger partial charge in [0.05, 0.1) is 0 Å². The number of hydrogen-bond acceptors (Lipinski definition) is 4. The van der Waals surface area contributed by atoms with Gasteiger partial charge in [-0.1, -0.05) is 18.2 Å². The second-order valence-corrected chi connectivity index (χ2v) is 4.49. The van der Waals surface area contributed by atoms with E-state index < -0.39 is 0 Å². The monoisotopic (exact) mass is 270 g/mol. The van der Waals surface area contributed by atoms with Gasteiger partial charge in [-0.15, -0.1) is 10.2 Å². The summed E-state index contributed by atoms with van der Waals surface area (Å²) in [6, 6.07) is 8.07. The molecular weight excluding hydrogens is 256 g/mol. The normalized spacial score (nSPS) is 10.8. The van der Waals surface area contributed by atoms with Gasteiger partial charge in [0.2, 0.25) is 5.89 Å². The van der Waals surface area contributed by atoms with Crippen molar-refractivity contribution in [2.75, 3.05) is 6.54 Å². The predicted molar refractivity (Wildman–Crippen MR) is 73.4 cm³/mol. The van der Waals surface area contributed by atoms with Crippen LogP contribution < -0.4 is 5.32 Å². The fourth-order valence-corrected chi connectivity index (χ4v) is 2.11. The van der Waals surface area contributed by atoms with Crippen LogP contribution in [0, 0.1) is 6.92 Å². The van der Waals surface area contributed by atoms with Crippen LogP contribution in [0.3, 0.4) is 0 Å². The predicted octanol–water partition coefficient (Wildman–Crippen LogP) is 1.83. The molecule has 0 bridgehead atoms. The third-order valence-corrected chi connectivity index (χ3v) is 3.08. The molecule has 3 aromatic rings. The summed E-state index contributed by atoms with van der Waals surface area (Å²) in [5.74, 6) is 0.0404. The van der Waals surface area contributed by atoms with Gasteiger partial charge in [-0.05, 0) is 18.1 Å². The van der Waals surface area contributed by atoms with Gasteiger partial charge >= 0.3 is 11.8 Å². The highest BCUT2D eigenvalue weighted by atomic mass is 16.4. The lowest BCUT2D eigenvalue weighted by molar-refractivity contribution is 0.0918. The van der Waals surface area contributed by atoms with Crippen LogP contribution in [0.2, 0.25) is 0 Å². The quantitative estimate of drug-likeness (QED) is 0.757. The third kappa shape index (κ3) is 2.40. The van der Waals surface area contributed by atoms with Gasteiger partial charge in [-0.25, -0.2) is 0 Å². The van der Waals surface area contributed by atoms with Crippen LogP contribution in [0.4, 0.5) is 0 Å². The number of benzene rings is 1. The van der Waals surface area contributed by atoms with Gasteiger partial charge < -0.3 is 14.7 Å². The summed E-state index contributed by atoms with van der Waals surface area (Å²) in [4.78, 5) is 14.9. The van der Waals surface area contributed by atoms with Gasteiger partial charge in [0, 0.05) is 30.6 Å². The molecule has 3 rings (SSSR count). The average Bonchev–Trinajstić information content (AvgIpc) is 3.06. The Labute approximate surface area is 115 Å². The van der Waals surface area contributed by atoms with Crippen LogP contribution in [0.25, 0.3) is 10.9 Å². The van der Waals surface area contributed by atoms with Gasteiger partial charge in [0.25, 0.3) is 0 Å². The topological polar surface area (TPSA) is 83.8 Å². The average molecular weight is 270 g/mol. The van der Waals surface area contributed by atoms with E-state index >= 15 is 0 Å². The molecule has 6 heteroatoms.